The van der Waals surface area contributed by atoms with Crippen LogP contribution in [0.4, 0.5) is 0 Å². The Kier molecular flexibility index (Phi) is 5.63. The van der Waals surface area contributed by atoms with Crippen LogP contribution in [0.1, 0.15) is 5.56 Å². The van der Waals surface area contributed by atoms with Crippen LogP contribution in [-0.4, -0.2) is 41.7 Å². The summed E-state index contributed by atoms with van der Waals surface area (Å²) in [6.45, 7) is 2.18. The van der Waals surface area contributed by atoms with Gasteiger partial charge < -0.3 is 25.4 Å². The molecule has 0 radical (unpaired) electrons. The monoisotopic (exact) mass is 227 g/mol. The molecule has 0 saturated carbocycles. The van der Waals surface area contributed by atoms with Crippen molar-refractivity contribution in [2.75, 3.05) is 26.4 Å². The molecule has 0 aliphatic heterocycles. The smallest absolute Gasteiger partial charge is 0.157 e. The van der Waals surface area contributed by atoms with Gasteiger partial charge in [-0.25, -0.2) is 0 Å². The van der Waals surface area contributed by atoms with Crippen molar-refractivity contribution in [3.63, 3.8) is 0 Å². The van der Waals surface area contributed by atoms with E-state index in [1.165, 1.54) is 12.1 Å². The Morgan fingerprint density at radius 2 is 1.94 bits per heavy atom. The van der Waals surface area contributed by atoms with E-state index >= 15 is 0 Å². The number of rotatable bonds is 7. The van der Waals surface area contributed by atoms with E-state index in [1.54, 1.807) is 6.07 Å². The van der Waals surface area contributed by atoms with Gasteiger partial charge in [0.05, 0.1) is 19.8 Å². The highest BCUT2D eigenvalue weighted by Gasteiger charge is 1.99. The average molecular weight is 227 g/mol. The molecule has 16 heavy (non-hydrogen) atoms. The summed E-state index contributed by atoms with van der Waals surface area (Å²) in [4.78, 5) is 0. The Balaban J connectivity index is 2.19. The number of phenols is 2. The quantitative estimate of drug-likeness (QED) is 0.395. The number of phenolic OH excluding ortho intramolecular Hbond substituents is 2. The minimum absolute atomic E-state index is 0.0336. The van der Waals surface area contributed by atoms with E-state index in [0.717, 1.165) is 5.56 Å². The van der Waals surface area contributed by atoms with Crippen LogP contribution in [0, 0.1) is 0 Å². The fraction of sp³-hybridized carbons (Fsp3) is 0.455. The molecule has 0 saturated heterocycles. The van der Waals surface area contributed by atoms with Crippen molar-refractivity contribution < 1.29 is 20.1 Å². The zero-order valence-electron chi connectivity index (χ0n) is 9.02. The number of aliphatic hydroxyl groups is 1. The van der Waals surface area contributed by atoms with Crippen molar-refractivity contribution >= 4 is 0 Å². The highest BCUT2D eigenvalue weighted by atomic mass is 16.5. The summed E-state index contributed by atoms with van der Waals surface area (Å²) >= 11 is 0. The molecular weight excluding hydrogens is 210 g/mol. The topological polar surface area (TPSA) is 82.0 Å². The summed E-state index contributed by atoms with van der Waals surface area (Å²) in [5.74, 6) is -0.231. The first-order valence-corrected chi connectivity index (χ1v) is 5.14. The number of hydrogen-bond acceptors (Lipinski definition) is 5. The molecule has 1 rings (SSSR count). The third kappa shape index (κ3) is 4.48. The lowest BCUT2D eigenvalue weighted by Crippen LogP contribution is -2.19. The van der Waals surface area contributed by atoms with Crippen LogP contribution >= 0.6 is 0 Å². The summed E-state index contributed by atoms with van der Waals surface area (Å²) in [6, 6.07) is 4.70. The van der Waals surface area contributed by atoms with Crippen molar-refractivity contribution in [3.8, 4) is 11.5 Å². The fourth-order valence-corrected chi connectivity index (χ4v) is 1.22. The normalized spacial score (nSPS) is 10.6. The molecule has 5 heteroatoms. The third-order valence-electron chi connectivity index (χ3n) is 2.03. The summed E-state index contributed by atoms with van der Waals surface area (Å²) in [6.07, 6.45) is 0. The zero-order valence-corrected chi connectivity index (χ0v) is 9.02. The first-order chi connectivity index (χ1) is 7.74. The van der Waals surface area contributed by atoms with Crippen LogP contribution < -0.4 is 5.32 Å². The number of hydrogen-bond donors (Lipinski definition) is 4. The predicted molar refractivity (Wildman–Crippen MR) is 59.4 cm³/mol. The van der Waals surface area contributed by atoms with Crippen molar-refractivity contribution in [3.05, 3.63) is 23.8 Å². The number of benzene rings is 1. The lowest BCUT2D eigenvalue weighted by molar-refractivity contribution is 0.0938. The van der Waals surface area contributed by atoms with Gasteiger partial charge in [0.25, 0.3) is 0 Å². The Morgan fingerprint density at radius 3 is 2.62 bits per heavy atom. The predicted octanol–water partition coefficient (Wildman–Crippen LogP) is 0.196. The SMILES string of the molecule is OCCOCCNCc1ccc(O)c(O)c1. The van der Waals surface area contributed by atoms with Crippen molar-refractivity contribution in [2.24, 2.45) is 0 Å². The zero-order chi connectivity index (χ0) is 11.8. The summed E-state index contributed by atoms with van der Waals surface area (Å²) in [5.41, 5.74) is 0.887. The Labute approximate surface area is 94.3 Å². The molecule has 0 aliphatic carbocycles. The van der Waals surface area contributed by atoms with Gasteiger partial charge >= 0.3 is 0 Å². The molecule has 5 nitrogen and oxygen atoms in total. The van der Waals surface area contributed by atoms with E-state index in [2.05, 4.69) is 5.32 Å². The number of aliphatic hydroxyl groups excluding tert-OH is 1. The standard InChI is InChI=1S/C11H17NO4/c13-4-6-16-5-3-12-8-9-1-2-10(14)11(15)7-9/h1-2,7,12-15H,3-6,8H2. The van der Waals surface area contributed by atoms with Crippen LogP contribution in [0.15, 0.2) is 18.2 Å². The van der Waals surface area contributed by atoms with Gasteiger partial charge in [0.2, 0.25) is 0 Å². The van der Waals surface area contributed by atoms with Gasteiger partial charge in [-0.1, -0.05) is 6.07 Å². The third-order valence-corrected chi connectivity index (χ3v) is 2.03. The van der Waals surface area contributed by atoms with Crippen LogP contribution in [-0.2, 0) is 11.3 Å². The molecule has 4 N–H and O–H groups in total. The van der Waals surface area contributed by atoms with Crippen molar-refractivity contribution in [1.29, 1.82) is 0 Å². The molecule has 0 fully saturated rings. The highest BCUT2D eigenvalue weighted by molar-refractivity contribution is 5.40. The van der Waals surface area contributed by atoms with Gasteiger partial charge in [0, 0.05) is 13.1 Å². The highest BCUT2D eigenvalue weighted by Crippen LogP contribution is 2.24. The molecule has 0 unspecified atom stereocenters. The second kappa shape index (κ2) is 7.05. The summed E-state index contributed by atoms with van der Waals surface area (Å²) in [7, 11) is 0. The molecular formula is C11H17NO4. The minimum atomic E-state index is -0.116. The number of ether oxygens (including phenoxy) is 1. The second-order valence-corrected chi connectivity index (χ2v) is 3.34. The second-order valence-electron chi connectivity index (χ2n) is 3.34. The van der Waals surface area contributed by atoms with E-state index in [-0.39, 0.29) is 18.1 Å². The van der Waals surface area contributed by atoms with Crippen LogP contribution in [0.3, 0.4) is 0 Å². The maximum absolute atomic E-state index is 9.24. The van der Waals surface area contributed by atoms with E-state index in [0.29, 0.717) is 26.3 Å². The van der Waals surface area contributed by atoms with Gasteiger partial charge in [-0.2, -0.15) is 0 Å². The lowest BCUT2D eigenvalue weighted by atomic mass is 10.2. The lowest BCUT2D eigenvalue weighted by Gasteiger charge is -2.06. The molecule has 0 spiro atoms. The molecule has 0 atom stereocenters. The van der Waals surface area contributed by atoms with Crippen molar-refractivity contribution in [2.45, 2.75) is 6.54 Å². The molecule has 0 amide bonds. The minimum Gasteiger partial charge on any atom is -0.504 e. The Hall–Kier alpha value is -1.30. The molecule has 1 aromatic carbocycles. The first-order valence-electron chi connectivity index (χ1n) is 5.14. The molecule has 90 valence electrons. The molecule has 1 aromatic rings. The van der Waals surface area contributed by atoms with Crippen LogP contribution in [0.5, 0.6) is 11.5 Å². The Morgan fingerprint density at radius 1 is 1.12 bits per heavy atom. The van der Waals surface area contributed by atoms with Gasteiger partial charge in [0.15, 0.2) is 11.5 Å². The number of aromatic hydroxyl groups is 2. The van der Waals surface area contributed by atoms with E-state index in [1.807, 2.05) is 0 Å². The van der Waals surface area contributed by atoms with Crippen LogP contribution in [0.25, 0.3) is 0 Å². The number of nitrogens with one attached hydrogen (secondary N) is 1. The molecule has 0 bridgehead atoms. The summed E-state index contributed by atoms with van der Waals surface area (Å²) < 4.78 is 5.06. The Bertz CT molecular complexity index is 317. The van der Waals surface area contributed by atoms with E-state index in [4.69, 9.17) is 14.9 Å². The van der Waals surface area contributed by atoms with Crippen LogP contribution in [0.2, 0.25) is 0 Å². The largest absolute Gasteiger partial charge is 0.504 e. The van der Waals surface area contributed by atoms with Gasteiger partial charge in [-0.3, -0.25) is 0 Å². The maximum Gasteiger partial charge on any atom is 0.157 e. The summed E-state index contributed by atoms with van der Waals surface area (Å²) in [5, 5.41) is 29.9. The van der Waals surface area contributed by atoms with Gasteiger partial charge in [-0.05, 0) is 17.7 Å². The van der Waals surface area contributed by atoms with Gasteiger partial charge in [0.1, 0.15) is 0 Å². The van der Waals surface area contributed by atoms with E-state index < -0.39 is 0 Å². The van der Waals surface area contributed by atoms with E-state index in [9.17, 15) is 5.11 Å². The fourth-order valence-electron chi connectivity index (χ4n) is 1.22. The van der Waals surface area contributed by atoms with Crippen molar-refractivity contribution in [1.82, 2.24) is 5.32 Å². The first kappa shape index (κ1) is 12.8. The molecule has 0 aromatic heterocycles. The molecule has 0 heterocycles. The van der Waals surface area contributed by atoms with Gasteiger partial charge in [-0.15, -0.1) is 0 Å². The average Bonchev–Trinajstić information content (AvgIpc) is 2.28. The molecule has 0 aliphatic rings. The maximum atomic E-state index is 9.24.